The molecule has 0 spiro atoms. The summed E-state index contributed by atoms with van der Waals surface area (Å²) in [4.78, 5) is 0. The molecule has 0 aliphatic carbocycles. The minimum absolute atomic E-state index is 0.162. The molecule has 3 rings (SSSR count). The van der Waals surface area contributed by atoms with Gasteiger partial charge in [0.05, 0.1) is 6.54 Å². The zero-order chi connectivity index (χ0) is 18.7. The van der Waals surface area contributed by atoms with Gasteiger partial charge in [0, 0.05) is 5.41 Å². The summed E-state index contributed by atoms with van der Waals surface area (Å²) >= 11 is 0. The average Bonchev–Trinajstić information content (AvgIpc) is 3.03. The lowest BCUT2D eigenvalue weighted by Crippen LogP contribution is -2.26. The Morgan fingerprint density at radius 1 is 1.15 bits per heavy atom. The van der Waals surface area contributed by atoms with Gasteiger partial charge in [-0.1, -0.05) is 39.8 Å². The Morgan fingerprint density at radius 2 is 1.92 bits per heavy atom. The maximum absolute atomic E-state index is 13.8. The highest BCUT2D eigenvalue weighted by molar-refractivity contribution is 5.44. The molecule has 1 atom stereocenters. The molecule has 3 aromatic rings. The van der Waals surface area contributed by atoms with Gasteiger partial charge in [-0.2, -0.15) is 4.52 Å². The van der Waals surface area contributed by atoms with Gasteiger partial charge in [-0.25, -0.2) is 4.39 Å². The molecule has 138 valence electrons. The van der Waals surface area contributed by atoms with Crippen LogP contribution in [0.1, 0.15) is 39.9 Å². The maximum atomic E-state index is 13.8. The molecule has 2 aromatic heterocycles. The Bertz CT molecular complexity index is 887. The fourth-order valence-corrected chi connectivity index (χ4v) is 2.56. The molecule has 2 heterocycles. The highest BCUT2D eigenvalue weighted by atomic mass is 19.1. The number of hydrogen-bond acceptors (Lipinski definition) is 5. The molecule has 0 aliphatic rings. The second kappa shape index (κ2) is 7.27. The van der Waals surface area contributed by atoms with Crippen LogP contribution in [0.25, 0.3) is 5.65 Å². The largest absolute Gasteiger partial charge is 0.486 e. The number of anilines is 1. The van der Waals surface area contributed by atoms with Crippen molar-refractivity contribution in [3.05, 3.63) is 48.0 Å². The summed E-state index contributed by atoms with van der Waals surface area (Å²) in [5.41, 5.74) is 0.542. The van der Waals surface area contributed by atoms with Crippen molar-refractivity contribution in [3.8, 4) is 5.75 Å². The molecule has 26 heavy (non-hydrogen) atoms. The van der Waals surface area contributed by atoms with E-state index in [2.05, 4.69) is 41.4 Å². The normalized spacial score (nSPS) is 13.0. The highest BCUT2D eigenvalue weighted by Gasteiger charge is 2.22. The van der Waals surface area contributed by atoms with Crippen molar-refractivity contribution in [1.82, 2.24) is 19.8 Å². The maximum Gasteiger partial charge on any atom is 0.178 e. The lowest BCUT2D eigenvalue weighted by atomic mass is 9.96. The summed E-state index contributed by atoms with van der Waals surface area (Å²) < 4.78 is 21.3. The summed E-state index contributed by atoms with van der Waals surface area (Å²) in [5.74, 6) is 1.40. The number of benzene rings is 1. The monoisotopic (exact) mass is 357 g/mol. The van der Waals surface area contributed by atoms with Crippen LogP contribution in [0.5, 0.6) is 5.75 Å². The molecule has 0 fully saturated rings. The van der Waals surface area contributed by atoms with Crippen molar-refractivity contribution in [2.75, 3.05) is 11.9 Å². The van der Waals surface area contributed by atoms with Gasteiger partial charge in [-0.15, -0.1) is 15.3 Å². The van der Waals surface area contributed by atoms with Gasteiger partial charge in [0.2, 0.25) is 0 Å². The number of rotatable bonds is 6. The first-order valence-corrected chi connectivity index (χ1v) is 8.76. The third kappa shape index (κ3) is 3.92. The molecular formula is C19H24FN5O. The van der Waals surface area contributed by atoms with E-state index in [1.54, 1.807) is 22.7 Å². The SMILES string of the molecule is CCC(CNc1ccc2nnc(C(C)(C)C)n2n1)Oc1ccccc1F. The van der Waals surface area contributed by atoms with Crippen molar-refractivity contribution in [1.29, 1.82) is 0 Å². The van der Waals surface area contributed by atoms with E-state index < -0.39 is 0 Å². The van der Waals surface area contributed by atoms with Crippen LogP contribution in [0.4, 0.5) is 10.2 Å². The molecule has 0 aliphatic heterocycles. The second-order valence-electron chi connectivity index (χ2n) is 7.22. The summed E-state index contributed by atoms with van der Waals surface area (Å²) in [6, 6.07) is 10.2. The Labute approximate surface area is 152 Å². The number of halogens is 1. The van der Waals surface area contributed by atoms with Crippen molar-refractivity contribution in [2.45, 2.75) is 45.6 Å². The smallest absolute Gasteiger partial charge is 0.178 e. The third-order valence-electron chi connectivity index (χ3n) is 4.03. The van der Waals surface area contributed by atoms with E-state index in [1.165, 1.54) is 6.07 Å². The molecule has 1 aromatic carbocycles. The molecular weight excluding hydrogens is 333 g/mol. The van der Waals surface area contributed by atoms with Crippen molar-refractivity contribution in [2.24, 2.45) is 0 Å². The minimum atomic E-state index is -0.357. The van der Waals surface area contributed by atoms with Crippen LogP contribution in [0.3, 0.4) is 0 Å². The van der Waals surface area contributed by atoms with Gasteiger partial charge in [0.25, 0.3) is 0 Å². The first kappa shape index (κ1) is 18.1. The van der Waals surface area contributed by atoms with Gasteiger partial charge in [0.1, 0.15) is 11.9 Å². The van der Waals surface area contributed by atoms with Crippen molar-refractivity contribution < 1.29 is 9.13 Å². The topological polar surface area (TPSA) is 64.3 Å². The van der Waals surface area contributed by atoms with Crippen LogP contribution in [-0.2, 0) is 5.41 Å². The van der Waals surface area contributed by atoms with Gasteiger partial charge >= 0.3 is 0 Å². The van der Waals surface area contributed by atoms with Gasteiger partial charge < -0.3 is 10.1 Å². The number of aromatic nitrogens is 4. The number of fused-ring (bicyclic) bond motifs is 1. The molecule has 0 saturated carbocycles. The summed E-state index contributed by atoms with van der Waals surface area (Å²) in [7, 11) is 0. The lowest BCUT2D eigenvalue weighted by molar-refractivity contribution is 0.200. The first-order valence-electron chi connectivity index (χ1n) is 8.76. The number of hydrogen-bond donors (Lipinski definition) is 1. The number of para-hydroxylation sites is 1. The Balaban J connectivity index is 1.73. The van der Waals surface area contributed by atoms with Crippen LogP contribution in [-0.4, -0.2) is 32.5 Å². The van der Waals surface area contributed by atoms with Gasteiger partial charge in [0.15, 0.2) is 23.0 Å². The fourth-order valence-electron chi connectivity index (χ4n) is 2.56. The van der Waals surface area contributed by atoms with Crippen molar-refractivity contribution in [3.63, 3.8) is 0 Å². The molecule has 0 bridgehead atoms. The molecule has 7 heteroatoms. The summed E-state index contributed by atoms with van der Waals surface area (Å²) in [6.45, 7) is 8.72. The predicted octanol–water partition coefficient (Wildman–Crippen LogP) is 3.83. The first-order chi connectivity index (χ1) is 12.4. The molecule has 0 saturated heterocycles. The zero-order valence-electron chi connectivity index (χ0n) is 15.5. The van der Waals surface area contributed by atoms with E-state index >= 15 is 0 Å². The van der Waals surface area contributed by atoms with E-state index in [1.807, 2.05) is 19.1 Å². The zero-order valence-corrected chi connectivity index (χ0v) is 15.5. The quantitative estimate of drug-likeness (QED) is 0.726. The Kier molecular flexibility index (Phi) is 5.06. The van der Waals surface area contributed by atoms with E-state index in [0.29, 0.717) is 18.0 Å². The minimum Gasteiger partial charge on any atom is -0.486 e. The number of nitrogens with one attached hydrogen (secondary N) is 1. The molecule has 0 radical (unpaired) electrons. The number of ether oxygens (including phenoxy) is 1. The fraction of sp³-hybridized carbons (Fsp3) is 0.421. The summed E-state index contributed by atoms with van der Waals surface area (Å²) in [6.07, 6.45) is 0.566. The Morgan fingerprint density at radius 3 is 2.62 bits per heavy atom. The van der Waals surface area contributed by atoms with Crippen LogP contribution in [0.15, 0.2) is 36.4 Å². The lowest BCUT2D eigenvalue weighted by Gasteiger charge is -2.19. The van der Waals surface area contributed by atoms with E-state index in [0.717, 1.165) is 12.2 Å². The highest BCUT2D eigenvalue weighted by Crippen LogP contribution is 2.21. The van der Waals surface area contributed by atoms with Crippen LogP contribution in [0.2, 0.25) is 0 Å². The van der Waals surface area contributed by atoms with Crippen molar-refractivity contribution >= 4 is 11.5 Å². The van der Waals surface area contributed by atoms with Crippen LogP contribution < -0.4 is 10.1 Å². The molecule has 6 nitrogen and oxygen atoms in total. The van der Waals surface area contributed by atoms with Gasteiger partial charge in [-0.05, 0) is 30.7 Å². The molecule has 1 unspecified atom stereocenters. The van der Waals surface area contributed by atoms with Crippen LogP contribution >= 0.6 is 0 Å². The van der Waals surface area contributed by atoms with E-state index in [-0.39, 0.29) is 23.1 Å². The second-order valence-corrected chi connectivity index (χ2v) is 7.22. The Hall–Kier alpha value is -2.70. The predicted molar refractivity (Wildman–Crippen MR) is 99.1 cm³/mol. The average molecular weight is 357 g/mol. The van der Waals surface area contributed by atoms with E-state index in [9.17, 15) is 4.39 Å². The third-order valence-corrected chi connectivity index (χ3v) is 4.03. The van der Waals surface area contributed by atoms with E-state index in [4.69, 9.17) is 4.74 Å². The standard InChI is InChI=1S/C19H24FN5O/c1-5-13(26-15-9-7-6-8-14(15)20)12-21-16-10-11-17-22-23-18(19(2,3)4)25(17)24-16/h6-11,13H,5,12H2,1-4H3,(H,21,24). The summed E-state index contributed by atoms with van der Waals surface area (Å²) in [5, 5.41) is 16.2. The molecule has 0 amide bonds. The molecule has 1 N–H and O–H groups in total. The number of nitrogens with zero attached hydrogens (tertiary/aromatic N) is 4. The van der Waals surface area contributed by atoms with Gasteiger partial charge in [-0.3, -0.25) is 0 Å². The van der Waals surface area contributed by atoms with Crippen LogP contribution in [0, 0.1) is 5.82 Å².